The molecule has 23 heavy (non-hydrogen) atoms. The van der Waals surface area contributed by atoms with Gasteiger partial charge in [-0.2, -0.15) is 0 Å². The van der Waals surface area contributed by atoms with Crippen molar-refractivity contribution in [1.82, 2.24) is 0 Å². The van der Waals surface area contributed by atoms with Crippen LogP contribution in [0.25, 0.3) is 0 Å². The van der Waals surface area contributed by atoms with Crippen LogP contribution in [0, 0.1) is 5.82 Å². The van der Waals surface area contributed by atoms with Crippen LogP contribution in [-0.2, 0) is 10.0 Å². The predicted molar refractivity (Wildman–Crippen MR) is 86.8 cm³/mol. The molecule has 0 aliphatic heterocycles. The second-order valence-corrected chi connectivity index (χ2v) is 6.86. The molecule has 0 spiro atoms. The summed E-state index contributed by atoms with van der Waals surface area (Å²) >= 11 is 11.6. The van der Waals surface area contributed by atoms with Crippen molar-refractivity contribution in [3.05, 3.63) is 46.2 Å². The summed E-state index contributed by atoms with van der Waals surface area (Å²) in [7, 11) is -1.47. The summed E-state index contributed by atoms with van der Waals surface area (Å²) in [5, 5.41) is 0.331. The first-order valence-electron chi connectivity index (χ1n) is 6.18. The number of ether oxygens (including phenoxy) is 2. The molecule has 0 atom stereocenters. The van der Waals surface area contributed by atoms with Gasteiger partial charge in [-0.3, -0.25) is 4.72 Å². The summed E-state index contributed by atoms with van der Waals surface area (Å²) in [6.07, 6.45) is 0. The van der Waals surface area contributed by atoms with Gasteiger partial charge in [0.15, 0.2) is 0 Å². The fourth-order valence-corrected chi connectivity index (χ4v) is 3.34. The first kappa shape index (κ1) is 17.7. The Morgan fingerprint density at radius 1 is 1.04 bits per heavy atom. The highest BCUT2D eigenvalue weighted by atomic mass is 35.5. The van der Waals surface area contributed by atoms with Gasteiger partial charge in [0.1, 0.15) is 22.2 Å². The quantitative estimate of drug-likeness (QED) is 0.853. The van der Waals surface area contributed by atoms with E-state index >= 15 is 0 Å². The van der Waals surface area contributed by atoms with E-state index in [4.69, 9.17) is 32.7 Å². The lowest BCUT2D eigenvalue weighted by Crippen LogP contribution is -2.15. The van der Waals surface area contributed by atoms with E-state index in [9.17, 15) is 12.8 Å². The second kappa shape index (κ2) is 6.82. The molecular formula is C14H12Cl2FNO4S. The number of benzene rings is 2. The molecule has 1 N–H and O–H groups in total. The SMILES string of the molecule is COc1cc(NS(=O)(=O)c2ccc(Cl)cc2F)c(OC)cc1Cl. The zero-order valence-corrected chi connectivity index (χ0v) is 14.4. The van der Waals surface area contributed by atoms with Crippen LogP contribution in [0.3, 0.4) is 0 Å². The minimum Gasteiger partial charge on any atom is -0.495 e. The van der Waals surface area contributed by atoms with Crippen molar-refractivity contribution in [3.63, 3.8) is 0 Å². The van der Waals surface area contributed by atoms with Crippen LogP contribution in [0.15, 0.2) is 35.2 Å². The standard InChI is InChI=1S/C14H12Cl2FNO4S/c1-21-12-7-11(13(22-2)6-9(12)16)18-23(19,20)14-4-3-8(15)5-10(14)17/h3-7,18H,1-2H3. The summed E-state index contributed by atoms with van der Waals surface area (Å²) in [6, 6.07) is 5.98. The van der Waals surface area contributed by atoms with Crippen LogP contribution < -0.4 is 14.2 Å². The predicted octanol–water partition coefficient (Wildman–Crippen LogP) is 3.95. The third kappa shape index (κ3) is 3.80. The minimum atomic E-state index is -4.19. The van der Waals surface area contributed by atoms with Gasteiger partial charge in [-0.15, -0.1) is 0 Å². The lowest BCUT2D eigenvalue weighted by atomic mass is 10.3. The molecule has 0 heterocycles. The van der Waals surface area contributed by atoms with Crippen molar-refractivity contribution < 1.29 is 22.3 Å². The van der Waals surface area contributed by atoms with Crippen molar-refractivity contribution >= 4 is 38.9 Å². The average Bonchev–Trinajstić information content (AvgIpc) is 2.47. The maximum absolute atomic E-state index is 13.9. The molecule has 0 bridgehead atoms. The molecule has 0 aliphatic rings. The Morgan fingerprint density at radius 2 is 1.70 bits per heavy atom. The maximum atomic E-state index is 13.9. The molecule has 2 aromatic rings. The first-order chi connectivity index (χ1) is 10.8. The van der Waals surface area contributed by atoms with Gasteiger partial charge in [-0.05, 0) is 18.2 Å². The zero-order chi connectivity index (χ0) is 17.2. The van der Waals surface area contributed by atoms with Crippen molar-refractivity contribution in [1.29, 1.82) is 0 Å². The fraction of sp³-hybridized carbons (Fsp3) is 0.143. The Bertz CT molecular complexity index is 843. The van der Waals surface area contributed by atoms with Crippen molar-refractivity contribution in [3.8, 4) is 11.5 Å². The van der Waals surface area contributed by atoms with Crippen molar-refractivity contribution in [2.45, 2.75) is 4.90 Å². The summed E-state index contributed by atoms with van der Waals surface area (Å²) in [4.78, 5) is -0.544. The van der Waals surface area contributed by atoms with E-state index in [1.54, 1.807) is 0 Å². The molecule has 0 fully saturated rings. The van der Waals surface area contributed by atoms with Crippen molar-refractivity contribution in [2.75, 3.05) is 18.9 Å². The molecule has 0 saturated carbocycles. The maximum Gasteiger partial charge on any atom is 0.264 e. The summed E-state index contributed by atoms with van der Waals surface area (Å²) in [5.41, 5.74) is 0.0584. The Labute approximate surface area is 143 Å². The fourth-order valence-electron chi connectivity index (χ4n) is 1.83. The number of anilines is 1. The van der Waals surface area contributed by atoms with Gasteiger partial charge < -0.3 is 9.47 Å². The van der Waals surface area contributed by atoms with E-state index in [-0.39, 0.29) is 27.2 Å². The van der Waals surface area contributed by atoms with Gasteiger partial charge in [-0.25, -0.2) is 12.8 Å². The van der Waals surface area contributed by atoms with Crippen LogP contribution >= 0.6 is 23.2 Å². The molecule has 2 aromatic carbocycles. The van der Waals surface area contributed by atoms with Crippen LogP contribution in [-0.4, -0.2) is 22.6 Å². The number of rotatable bonds is 5. The van der Waals surface area contributed by atoms with Crippen LogP contribution in [0.5, 0.6) is 11.5 Å². The first-order valence-corrected chi connectivity index (χ1v) is 8.42. The van der Waals surface area contributed by atoms with E-state index in [1.165, 1.54) is 32.4 Å². The number of hydrogen-bond acceptors (Lipinski definition) is 4. The van der Waals surface area contributed by atoms with Gasteiger partial charge in [0.2, 0.25) is 0 Å². The molecule has 0 unspecified atom stereocenters. The van der Waals surface area contributed by atoms with E-state index < -0.39 is 20.7 Å². The molecular weight excluding hydrogens is 368 g/mol. The van der Waals surface area contributed by atoms with Gasteiger partial charge in [0, 0.05) is 17.2 Å². The minimum absolute atomic E-state index is 0.0584. The molecule has 0 saturated heterocycles. The van der Waals surface area contributed by atoms with Crippen LogP contribution in [0.2, 0.25) is 10.0 Å². The van der Waals surface area contributed by atoms with Gasteiger partial charge >= 0.3 is 0 Å². The number of hydrogen-bond donors (Lipinski definition) is 1. The lowest BCUT2D eigenvalue weighted by Gasteiger charge is -2.14. The lowest BCUT2D eigenvalue weighted by molar-refractivity contribution is 0.405. The smallest absolute Gasteiger partial charge is 0.264 e. The normalized spacial score (nSPS) is 11.2. The van der Waals surface area contributed by atoms with Crippen molar-refractivity contribution in [2.24, 2.45) is 0 Å². The van der Waals surface area contributed by atoms with E-state index in [0.717, 1.165) is 12.1 Å². The molecule has 0 radical (unpaired) electrons. The highest BCUT2D eigenvalue weighted by Crippen LogP contribution is 2.37. The highest BCUT2D eigenvalue weighted by Gasteiger charge is 2.22. The topological polar surface area (TPSA) is 64.6 Å². The largest absolute Gasteiger partial charge is 0.495 e. The number of sulfonamides is 1. The number of nitrogens with one attached hydrogen (secondary N) is 1. The van der Waals surface area contributed by atoms with Crippen LogP contribution in [0.4, 0.5) is 10.1 Å². The second-order valence-electron chi connectivity index (χ2n) is 4.37. The molecule has 124 valence electrons. The zero-order valence-electron chi connectivity index (χ0n) is 12.1. The molecule has 5 nitrogen and oxygen atoms in total. The van der Waals surface area contributed by atoms with E-state index in [1.807, 2.05) is 0 Å². The van der Waals surface area contributed by atoms with Crippen LogP contribution in [0.1, 0.15) is 0 Å². The summed E-state index contributed by atoms with van der Waals surface area (Å²) < 4.78 is 50.9. The Kier molecular flexibility index (Phi) is 5.23. The van der Waals surface area contributed by atoms with E-state index in [0.29, 0.717) is 0 Å². The average molecular weight is 380 g/mol. The molecule has 0 aromatic heterocycles. The number of methoxy groups -OCH3 is 2. The third-order valence-electron chi connectivity index (χ3n) is 2.90. The Balaban J connectivity index is 2.48. The molecule has 0 amide bonds. The summed E-state index contributed by atoms with van der Waals surface area (Å²) in [6.45, 7) is 0. The molecule has 2 rings (SSSR count). The monoisotopic (exact) mass is 379 g/mol. The molecule has 0 aliphatic carbocycles. The Morgan fingerprint density at radius 3 is 2.26 bits per heavy atom. The van der Waals surface area contributed by atoms with E-state index in [2.05, 4.69) is 4.72 Å². The third-order valence-corrected chi connectivity index (χ3v) is 4.83. The van der Waals surface area contributed by atoms with Gasteiger partial charge in [0.25, 0.3) is 10.0 Å². The Hall–Kier alpha value is -1.70. The van der Waals surface area contributed by atoms with Gasteiger partial charge in [0.05, 0.1) is 24.9 Å². The number of halogens is 3. The van der Waals surface area contributed by atoms with Gasteiger partial charge in [-0.1, -0.05) is 23.2 Å². The summed E-state index contributed by atoms with van der Waals surface area (Å²) in [5.74, 6) is -0.569. The molecule has 9 heteroatoms. The highest BCUT2D eigenvalue weighted by molar-refractivity contribution is 7.92.